The molecule has 0 bridgehead atoms. The van der Waals surface area contributed by atoms with E-state index in [1.165, 1.54) is 22.8 Å². The highest BCUT2D eigenvalue weighted by molar-refractivity contribution is 5.98. The molecule has 3 atom stereocenters. The molecule has 0 radical (unpaired) electrons. The van der Waals surface area contributed by atoms with Crippen molar-refractivity contribution in [3.8, 4) is 5.88 Å². The standard InChI is InChI=1S/C25H25N7O6/c1-26-24(35)30-23-28-21-20(27-14-31(21)19-12-17(34)18(13-33)37-19)22(29-23)38-25(36)32(15-8-4-2-5-9-15)16-10-6-3-7-11-16/h2-11,14,17-19,33-34H,12-13H2,1H3,(H2,26,28,29,30,35)/t17-,18+,19+/m0/s1. The number of para-hydroxylation sites is 2. The number of rotatable bonds is 6. The molecule has 196 valence electrons. The van der Waals surface area contributed by atoms with Gasteiger partial charge in [0.05, 0.1) is 30.4 Å². The number of benzene rings is 2. The van der Waals surface area contributed by atoms with Crippen LogP contribution in [-0.4, -0.2) is 67.7 Å². The Morgan fingerprint density at radius 2 is 1.76 bits per heavy atom. The van der Waals surface area contributed by atoms with Gasteiger partial charge in [0.15, 0.2) is 11.2 Å². The number of imidazole rings is 1. The van der Waals surface area contributed by atoms with E-state index in [-0.39, 0.29) is 36.0 Å². The zero-order valence-corrected chi connectivity index (χ0v) is 20.3. The number of aliphatic hydroxyl groups excluding tert-OH is 2. The molecule has 1 saturated heterocycles. The quantitative estimate of drug-likeness (QED) is 0.300. The smallest absolute Gasteiger partial charge is 0.394 e. The maximum atomic E-state index is 13.6. The van der Waals surface area contributed by atoms with Gasteiger partial charge in [-0.2, -0.15) is 9.97 Å². The number of nitrogens with one attached hydrogen (secondary N) is 2. The van der Waals surface area contributed by atoms with Crippen molar-refractivity contribution in [1.29, 1.82) is 0 Å². The Morgan fingerprint density at radius 3 is 2.34 bits per heavy atom. The Balaban J connectivity index is 1.55. The van der Waals surface area contributed by atoms with Gasteiger partial charge in [-0.05, 0) is 24.3 Å². The highest BCUT2D eigenvalue weighted by Crippen LogP contribution is 2.34. The maximum absolute atomic E-state index is 13.6. The average molecular weight is 520 g/mol. The summed E-state index contributed by atoms with van der Waals surface area (Å²) < 4.78 is 13.0. The SMILES string of the molecule is CNC(=O)Nc1nc(OC(=O)N(c2ccccc2)c2ccccc2)c2ncn([C@H]3C[C@H](O)[C@@H](CO)O3)c2n1. The molecule has 1 fully saturated rings. The van der Waals surface area contributed by atoms with Gasteiger partial charge in [-0.25, -0.2) is 19.5 Å². The number of anilines is 3. The minimum atomic E-state index is -0.893. The number of hydrogen-bond acceptors (Lipinski definition) is 9. The van der Waals surface area contributed by atoms with Gasteiger partial charge in [-0.15, -0.1) is 0 Å². The predicted octanol–water partition coefficient (Wildman–Crippen LogP) is 2.56. The molecule has 0 unspecified atom stereocenters. The third kappa shape index (κ3) is 4.98. The van der Waals surface area contributed by atoms with Crippen LogP contribution in [0, 0.1) is 0 Å². The minimum absolute atomic E-state index is 0.132. The lowest BCUT2D eigenvalue weighted by Crippen LogP contribution is -2.30. The first kappa shape index (κ1) is 25.1. The van der Waals surface area contributed by atoms with E-state index in [4.69, 9.17) is 9.47 Å². The Morgan fingerprint density at radius 1 is 1.11 bits per heavy atom. The summed E-state index contributed by atoms with van der Waals surface area (Å²) in [5, 5.41) is 24.6. The number of aromatic nitrogens is 4. The number of fused-ring (bicyclic) bond motifs is 1. The Bertz CT molecular complexity index is 1390. The second-order valence-electron chi connectivity index (χ2n) is 8.37. The molecule has 2 aromatic heterocycles. The maximum Gasteiger partial charge on any atom is 0.425 e. The number of amides is 3. The second-order valence-corrected chi connectivity index (χ2v) is 8.37. The Hall–Kier alpha value is -4.59. The first-order valence-corrected chi connectivity index (χ1v) is 11.8. The van der Waals surface area contributed by atoms with Crippen LogP contribution in [0.5, 0.6) is 5.88 Å². The third-order valence-corrected chi connectivity index (χ3v) is 5.93. The molecule has 0 spiro atoms. The van der Waals surface area contributed by atoms with Crippen molar-refractivity contribution in [2.24, 2.45) is 0 Å². The van der Waals surface area contributed by atoms with Crippen LogP contribution < -0.4 is 20.3 Å². The summed E-state index contributed by atoms with van der Waals surface area (Å²) in [6.45, 7) is -0.361. The lowest BCUT2D eigenvalue weighted by atomic mass is 10.2. The normalized spacial score (nSPS) is 18.8. The summed E-state index contributed by atoms with van der Waals surface area (Å²) in [5.41, 5.74) is 1.45. The van der Waals surface area contributed by atoms with Gasteiger partial charge >= 0.3 is 12.1 Å². The van der Waals surface area contributed by atoms with Crippen molar-refractivity contribution in [1.82, 2.24) is 24.8 Å². The molecule has 3 heterocycles. The van der Waals surface area contributed by atoms with Crippen LogP contribution in [0.1, 0.15) is 12.6 Å². The fraction of sp³-hybridized carbons (Fsp3) is 0.240. The van der Waals surface area contributed by atoms with Crippen molar-refractivity contribution >= 4 is 40.6 Å². The number of carbonyl (C=O) groups is 2. The number of aliphatic hydroxyl groups is 2. The zero-order chi connectivity index (χ0) is 26.6. The van der Waals surface area contributed by atoms with E-state index in [0.717, 1.165) is 0 Å². The summed E-state index contributed by atoms with van der Waals surface area (Å²) in [6, 6.07) is 17.3. The van der Waals surface area contributed by atoms with E-state index in [1.807, 2.05) is 12.1 Å². The fourth-order valence-electron chi connectivity index (χ4n) is 4.09. The van der Waals surface area contributed by atoms with Gasteiger partial charge in [0.1, 0.15) is 12.3 Å². The number of hydrogen-bond donors (Lipinski definition) is 4. The molecule has 2 aromatic carbocycles. The number of ether oxygens (including phenoxy) is 2. The molecular weight excluding hydrogens is 494 g/mol. The van der Waals surface area contributed by atoms with E-state index in [9.17, 15) is 19.8 Å². The molecule has 1 aliphatic heterocycles. The van der Waals surface area contributed by atoms with Crippen molar-refractivity contribution in [2.45, 2.75) is 24.9 Å². The first-order valence-electron chi connectivity index (χ1n) is 11.8. The van der Waals surface area contributed by atoms with Gasteiger partial charge in [0.2, 0.25) is 5.95 Å². The molecule has 4 aromatic rings. The summed E-state index contributed by atoms with van der Waals surface area (Å²) in [4.78, 5) is 39.9. The lowest BCUT2D eigenvalue weighted by molar-refractivity contribution is -0.0432. The summed E-state index contributed by atoms with van der Waals surface area (Å²) in [5.74, 6) is -0.344. The highest BCUT2D eigenvalue weighted by Gasteiger charge is 2.36. The van der Waals surface area contributed by atoms with Crippen LogP contribution in [-0.2, 0) is 4.74 Å². The van der Waals surface area contributed by atoms with E-state index in [0.29, 0.717) is 11.4 Å². The highest BCUT2D eigenvalue weighted by atomic mass is 16.6. The van der Waals surface area contributed by atoms with Crippen molar-refractivity contribution in [3.63, 3.8) is 0 Å². The largest absolute Gasteiger partial charge is 0.425 e. The van der Waals surface area contributed by atoms with Crippen molar-refractivity contribution < 1.29 is 29.3 Å². The van der Waals surface area contributed by atoms with E-state index in [2.05, 4.69) is 25.6 Å². The molecule has 0 saturated carbocycles. The molecule has 13 nitrogen and oxygen atoms in total. The topological polar surface area (TPSA) is 164 Å². The first-order chi connectivity index (χ1) is 18.5. The Kier molecular flexibility index (Phi) is 7.13. The van der Waals surface area contributed by atoms with Gasteiger partial charge < -0.3 is 25.0 Å². The van der Waals surface area contributed by atoms with Crippen LogP contribution in [0.15, 0.2) is 67.0 Å². The third-order valence-electron chi connectivity index (χ3n) is 5.93. The summed E-state index contributed by atoms with van der Waals surface area (Å²) in [6.07, 6.45) is -1.56. The van der Waals surface area contributed by atoms with Gasteiger partial charge in [-0.3, -0.25) is 9.88 Å². The fourth-order valence-corrected chi connectivity index (χ4v) is 4.09. The number of nitrogens with zero attached hydrogens (tertiary/aromatic N) is 5. The van der Waals surface area contributed by atoms with E-state index >= 15 is 0 Å². The molecule has 13 heteroatoms. The van der Waals surface area contributed by atoms with Gasteiger partial charge in [-0.1, -0.05) is 36.4 Å². The van der Waals surface area contributed by atoms with Crippen LogP contribution in [0.3, 0.4) is 0 Å². The summed E-state index contributed by atoms with van der Waals surface area (Å²) in [7, 11) is 1.43. The second kappa shape index (κ2) is 10.8. The lowest BCUT2D eigenvalue weighted by Gasteiger charge is -2.22. The molecular formula is C25H25N7O6. The van der Waals surface area contributed by atoms with Gasteiger partial charge in [0, 0.05) is 13.5 Å². The molecule has 0 aliphatic carbocycles. The molecule has 4 N–H and O–H groups in total. The monoisotopic (exact) mass is 519 g/mol. The number of urea groups is 1. The zero-order valence-electron chi connectivity index (χ0n) is 20.3. The minimum Gasteiger partial charge on any atom is -0.394 e. The molecule has 38 heavy (non-hydrogen) atoms. The molecule has 3 amide bonds. The predicted molar refractivity (Wildman–Crippen MR) is 136 cm³/mol. The van der Waals surface area contributed by atoms with Crippen LogP contribution in [0.2, 0.25) is 0 Å². The van der Waals surface area contributed by atoms with Gasteiger partial charge in [0.25, 0.3) is 5.88 Å². The number of carbonyl (C=O) groups excluding carboxylic acids is 2. The summed E-state index contributed by atoms with van der Waals surface area (Å²) >= 11 is 0. The molecule has 1 aliphatic rings. The van der Waals surface area contributed by atoms with Crippen molar-refractivity contribution in [3.05, 3.63) is 67.0 Å². The van der Waals surface area contributed by atoms with E-state index in [1.54, 1.807) is 48.5 Å². The van der Waals surface area contributed by atoms with E-state index < -0.39 is 30.6 Å². The molecule has 5 rings (SSSR count). The van der Waals surface area contributed by atoms with Crippen LogP contribution in [0.4, 0.5) is 26.9 Å². The van der Waals surface area contributed by atoms with Crippen LogP contribution in [0.25, 0.3) is 11.2 Å². The van der Waals surface area contributed by atoms with Crippen molar-refractivity contribution in [2.75, 3.05) is 23.9 Å². The average Bonchev–Trinajstić information content (AvgIpc) is 3.53. The van der Waals surface area contributed by atoms with Crippen LogP contribution >= 0.6 is 0 Å². The Labute approximate surface area is 216 Å².